The van der Waals surface area contributed by atoms with Gasteiger partial charge in [0.2, 0.25) is 0 Å². The Morgan fingerprint density at radius 3 is 2.38 bits per heavy atom. The molecule has 0 aromatic carbocycles. The van der Waals surface area contributed by atoms with Crippen LogP contribution in [-0.2, 0) is 16.5 Å². The van der Waals surface area contributed by atoms with Gasteiger partial charge in [0.15, 0.2) is 5.69 Å². The first-order valence-corrected chi connectivity index (χ1v) is 7.80. The second kappa shape index (κ2) is 7.02. The van der Waals surface area contributed by atoms with Gasteiger partial charge in [0, 0.05) is 13.2 Å². The maximum absolute atomic E-state index is 12.3. The van der Waals surface area contributed by atoms with Crippen molar-refractivity contribution < 1.29 is 23.9 Å². The first-order chi connectivity index (χ1) is 11.3. The molecule has 0 saturated heterocycles. The summed E-state index contributed by atoms with van der Waals surface area (Å²) in [6, 6.07) is 0. The average molecular weight is 372 g/mol. The summed E-state index contributed by atoms with van der Waals surface area (Å²) in [5, 5.41) is 6.82. The molecule has 0 unspecified atom stereocenters. The van der Waals surface area contributed by atoms with Gasteiger partial charge in [-0.2, -0.15) is 5.10 Å². The molecule has 0 radical (unpaired) electrons. The van der Waals surface area contributed by atoms with Crippen LogP contribution < -0.4 is 5.32 Å². The summed E-state index contributed by atoms with van der Waals surface area (Å²) < 4.78 is 10.8. The molecule has 0 atom stereocenters. The van der Waals surface area contributed by atoms with E-state index in [1.165, 1.54) is 25.1 Å². The molecule has 24 heavy (non-hydrogen) atoms. The quantitative estimate of drug-likeness (QED) is 0.827. The number of aryl methyl sites for hydroxylation is 1. The second-order valence-electron chi connectivity index (χ2n) is 4.70. The van der Waals surface area contributed by atoms with Crippen LogP contribution in [0.25, 0.3) is 0 Å². The Bertz CT molecular complexity index is 827. The number of hydrogen-bond donors (Lipinski definition) is 1. The Hall–Kier alpha value is -2.39. The second-order valence-corrected chi connectivity index (χ2v) is 6.12. The van der Waals surface area contributed by atoms with Crippen LogP contribution in [0, 0.1) is 6.92 Å². The van der Waals surface area contributed by atoms with Crippen LogP contribution in [0.1, 0.15) is 36.1 Å². The van der Waals surface area contributed by atoms with Gasteiger partial charge < -0.3 is 14.8 Å². The van der Waals surface area contributed by atoms with E-state index in [-0.39, 0.29) is 26.2 Å². The van der Waals surface area contributed by atoms with Crippen molar-refractivity contribution in [3.63, 3.8) is 0 Å². The lowest BCUT2D eigenvalue weighted by Crippen LogP contribution is -2.15. The highest BCUT2D eigenvalue weighted by molar-refractivity contribution is 7.18. The number of anilines is 1. The number of amides is 1. The van der Waals surface area contributed by atoms with Crippen LogP contribution in [0.4, 0.5) is 5.00 Å². The van der Waals surface area contributed by atoms with Crippen molar-refractivity contribution in [2.24, 2.45) is 7.05 Å². The first-order valence-electron chi connectivity index (χ1n) is 6.60. The molecule has 128 valence electrons. The first kappa shape index (κ1) is 18.0. The van der Waals surface area contributed by atoms with Crippen LogP contribution in [0.5, 0.6) is 0 Å². The Balaban J connectivity index is 2.45. The molecule has 1 amide bonds. The number of esters is 2. The zero-order chi connectivity index (χ0) is 18.0. The highest BCUT2D eigenvalue weighted by atomic mass is 35.5. The van der Waals surface area contributed by atoms with Crippen LogP contribution in [0.15, 0.2) is 6.20 Å². The molecule has 0 aliphatic rings. The van der Waals surface area contributed by atoms with Crippen molar-refractivity contribution in [3.8, 4) is 0 Å². The van der Waals surface area contributed by atoms with Gasteiger partial charge in [-0.25, -0.2) is 9.59 Å². The number of aromatic nitrogens is 2. The predicted octanol–water partition coefficient (Wildman–Crippen LogP) is 2.27. The van der Waals surface area contributed by atoms with E-state index in [1.807, 2.05) is 0 Å². The minimum atomic E-state index is -0.679. The van der Waals surface area contributed by atoms with Gasteiger partial charge in [-0.15, -0.1) is 11.3 Å². The third kappa shape index (κ3) is 3.26. The lowest BCUT2D eigenvalue weighted by Gasteiger charge is -2.04. The van der Waals surface area contributed by atoms with E-state index in [2.05, 4.69) is 15.2 Å². The fourth-order valence-electron chi connectivity index (χ4n) is 2.01. The van der Waals surface area contributed by atoms with Gasteiger partial charge in [0.1, 0.15) is 9.88 Å². The summed E-state index contributed by atoms with van der Waals surface area (Å²) >= 11 is 6.85. The molecule has 2 aromatic heterocycles. The minimum Gasteiger partial charge on any atom is -0.465 e. The molecule has 0 spiro atoms. The van der Waals surface area contributed by atoms with Gasteiger partial charge in [-0.1, -0.05) is 11.6 Å². The molecule has 0 fully saturated rings. The molecule has 0 aliphatic heterocycles. The topological polar surface area (TPSA) is 99.5 Å². The van der Waals surface area contributed by atoms with Crippen molar-refractivity contribution in [1.29, 1.82) is 0 Å². The van der Waals surface area contributed by atoms with E-state index in [9.17, 15) is 14.4 Å². The Labute approximate surface area is 146 Å². The number of nitrogens with zero attached hydrogens (tertiary/aromatic N) is 2. The standard InChI is InChI=1S/C14H14ClN3O5S/c1-6-8(13(20)22-3)12(24-10(6)14(21)23-4)16-11(19)9-7(15)5-18(2)17-9/h5H,1-4H3,(H,16,19). The lowest BCUT2D eigenvalue weighted by atomic mass is 10.1. The lowest BCUT2D eigenvalue weighted by molar-refractivity contribution is 0.0601. The number of methoxy groups -OCH3 is 2. The van der Waals surface area contributed by atoms with Crippen LogP contribution in [0.2, 0.25) is 5.02 Å². The Kier molecular flexibility index (Phi) is 5.25. The van der Waals surface area contributed by atoms with Crippen molar-refractivity contribution in [3.05, 3.63) is 32.9 Å². The zero-order valence-electron chi connectivity index (χ0n) is 13.3. The number of nitrogens with one attached hydrogen (secondary N) is 1. The molecule has 2 heterocycles. The maximum Gasteiger partial charge on any atom is 0.348 e. The molecule has 10 heteroatoms. The molecule has 0 aliphatic carbocycles. The van der Waals surface area contributed by atoms with E-state index < -0.39 is 17.8 Å². The summed E-state index contributed by atoms with van der Waals surface area (Å²) in [6.45, 7) is 1.57. The SMILES string of the molecule is COC(=O)c1sc(NC(=O)c2nn(C)cc2Cl)c(C(=O)OC)c1C. The van der Waals surface area contributed by atoms with Gasteiger partial charge in [-0.3, -0.25) is 9.48 Å². The Morgan fingerprint density at radius 2 is 1.88 bits per heavy atom. The fraction of sp³-hybridized carbons (Fsp3) is 0.286. The number of carbonyl (C=O) groups is 3. The fourth-order valence-corrected chi connectivity index (χ4v) is 3.39. The maximum atomic E-state index is 12.3. The van der Waals surface area contributed by atoms with Crippen molar-refractivity contribution in [1.82, 2.24) is 9.78 Å². The van der Waals surface area contributed by atoms with Crippen LogP contribution >= 0.6 is 22.9 Å². The molecule has 8 nitrogen and oxygen atoms in total. The van der Waals surface area contributed by atoms with Crippen LogP contribution in [-0.4, -0.2) is 41.8 Å². The summed E-state index contributed by atoms with van der Waals surface area (Å²) in [4.78, 5) is 36.3. The van der Waals surface area contributed by atoms with E-state index >= 15 is 0 Å². The smallest absolute Gasteiger partial charge is 0.348 e. The molecule has 2 rings (SSSR count). The highest BCUT2D eigenvalue weighted by Crippen LogP contribution is 2.34. The monoisotopic (exact) mass is 371 g/mol. The molecule has 1 N–H and O–H groups in total. The molecule has 2 aromatic rings. The third-order valence-corrected chi connectivity index (χ3v) is 4.60. The van der Waals surface area contributed by atoms with Crippen molar-refractivity contribution in [2.75, 3.05) is 19.5 Å². The average Bonchev–Trinajstić information content (AvgIpc) is 3.05. The largest absolute Gasteiger partial charge is 0.465 e. The number of thiophene rings is 1. The molecule has 0 saturated carbocycles. The van der Waals surface area contributed by atoms with Crippen molar-refractivity contribution in [2.45, 2.75) is 6.92 Å². The molecule has 0 bridgehead atoms. The summed E-state index contributed by atoms with van der Waals surface area (Å²) in [6.07, 6.45) is 1.47. The predicted molar refractivity (Wildman–Crippen MR) is 87.9 cm³/mol. The van der Waals surface area contributed by atoms with Crippen molar-refractivity contribution >= 4 is 45.8 Å². The third-order valence-electron chi connectivity index (χ3n) is 3.13. The number of ether oxygens (including phenoxy) is 2. The van der Waals surface area contributed by atoms with Crippen LogP contribution in [0.3, 0.4) is 0 Å². The van der Waals surface area contributed by atoms with Gasteiger partial charge in [0.05, 0.1) is 24.8 Å². The highest BCUT2D eigenvalue weighted by Gasteiger charge is 2.27. The van der Waals surface area contributed by atoms with E-state index in [4.69, 9.17) is 16.3 Å². The van der Waals surface area contributed by atoms with Gasteiger partial charge in [-0.05, 0) is 12.5 Å². The summed E-state index contributed by atoms with van der Waals surface area (Å²) in [5.74, 6) is -1.90. The van der Waals surface area contributed by atoms with Gasteiger partial charge in [0.25, 0.3) is 5.91 Å². The molecular weight excluding hydrogens is 358 g/mol. The number of carbonyl (C=O) groups excluding carboxylic acids is 3. The number of halogens is 1. The zero-order valence-corrected chi connectivity index (χ0v) is 14.9. The minimum absolute atomic E-state index is 0.000605. The summed E-state index contributed by atoms with van der Waals surface area (Å²) in [5.41, 5.74) is 0.449. The van der Waals surface area contributed by atoms with E-state index in [0.29, 0.717) is 5.56 Å². The molecular formula is C14H14ClN3O5S. The summed E-state index contributed by atoms with van der Waals surface area (Å²) in [7, 11) is 4.05. The number of hydrogen-bond acceptors (Lipinski definition) is 7. The van der Waals surface area contributed by atoms with E-state index in [1.54, 1.807) is 14.0 Å². The van der Waals surface area contributed by atoms with Gasteiger partial charge >= 0.3 is 11.9 Å². The number of rotatable bonds is 4. The Morgan fingerprint density at radius 1 is 1.25 bits per heavy atom. The normalized spacial score (nSPS) is 10.4. The van der Waals surface area contributed by atoms with E-state index in [0.717, 1.165) is 11.3 Å².